The molecule has 178 valence electrons. The highest BCUT2D eigenvalue weighted by Gasteiger charge is 2.67. The fourth-order valence-electron chi connectivity index (χ4n) is 6.82. The molecule has 3 aliphatic rings. The van der Waals surface area contributed by atoms with Crippen LogP contribution in [0.1, 0.15) is 55.1 Å². The zero-order valence-electron chi connectivity index (χ0n) is 18.9. The molecule has 3 saturated carbocycles. The van der Waals surface area contributed by atoms with E-state index in [1.54, 1.807) is 24.4 Å². The smallest absolute Gasteiger partial charge is 0.351 e. The van der Waals surface area contributed by atoms with E-state index in [0.29, 0.717) is 39.6 Å². The molecule has 2 amide bonds. The molecule has 3 fully saturated rings. The first-order valence-electron chi connectivity index (χ1n) is 11.5. The maximum atomic E-state index is 13.1. The van der Waals surface area contributed by atoms with Crippen molar-refractivity contribution in [3.63, 3.8) is 0 Å². The molecular weight excluding hydrogens is 433 g/mol. The van der Waals surface area contributed by atoms with Gasteiger partial charge in [-0.25, -0.2) is 4.52 Å². The largest absolute Gasteiger partial charge is 0.406 e. The number of pyridine rings is 1. The van der Waals surface area contributed by atoms with E-state index in [9.17, 15) is 22.8 Å². The molecule has 1 N–H and O–H groups in total. The van der Waals surface area contributed by atoms with Crippen molar-refractivity contribution in [3.05, 3.63) is 35.7 Å². The zero-order chi connectivity index (χ0) is 23.6. The second-order valence-electron chi connectivity index (χ2n) is 10.8. The Balaban J connectivity index is 1.27. The minimum atomic E-state index is -4.45. The van der Waals surface area contributed by atoms with E-state index in [2.05, 4.69) is 17.3 Å². The molecule has 4 unspecified atom stereocenters. The first-order chi connectivity index (χ1) is 15.5. The second kappa shape index (κ2) is 7.46. The van der Waals surface area contributed by atoms with Gasteiger partial charge in [0.25, 0.3) is 5.91 Å². The Kier molecular flexibility index (Phi) is 5.03. The molecular formula is C24H29F3N4O2. The van der Waals surface area contributed by atoms with E-state index in [0.717, 1.165) is 19.4 Å². The van der Waals surface area contributed by atoms with E-state index in [1.807, 2.05) is 0 Å². The third-order valence-corrected chi connectivity index (χ3v) is 7.90. The highest BCUT2D eigenvalue weighted by Crippen LogP contribution is 2.75. The van der Waals surface area contributed by atoms with Gasteiger partial charge in [-0.05, 0) is 73.0 Å². The molecule has 2 aromatic heterocycles. The average Bonchev–Trinajstić information content (AvgIpc) is 3.05. The lowest BCUT2D eigenvalue weighted by Gasteiger charge is -2.40. The van der Waals surface area contributed by atoms with Crippen molar-refractivity contribution in [3.8, 4) is 0 Å². The van der Waals surface area contributed by atoms with Gasteiger partial charge in [0.2, 0.25) is 5.91 Å². The standard InChI is InChI=1S/C24H29F3N4O2/c1-15-8-22(10-16-11-23(16,9-15)12-22)13-28-21(33)18-4-3-5-31-19(18)6-17(29-31)7-20(32)30(2)14-24(25,26)27/h3-6,15-16H,7-14H2,1-2H3,(H,28,33). The van der Waals surface area contributed by atoms with Crippen LogP contribution >= 0.6 is 0 Å². The Morgan fingerprint density at radius 3 is 2.82 bits per heavy atom. The van der Waals surface area contributed by atoms with Crippen molar-refractivity contribution >= 4 is 17.3 Å². The predicted octanol–water partition coefficient (Wildman–Crippen LogP) is 3.84. The minimum Gasteiger partial charge on any atom is -0.351 e. The monoisotopic (exact) mass is 462 g/mol. The summed E-state index contributed by atoms with van der Waals surface area (Å²) in [6.45, 7) is 1.67. The summed E-state index contributed by atoms with van der Waals surface area (Å²) in [6, 6.07) is 5.02. The van der Waals surface area contributed by atoms with Crippen molar-refractivity contribution < 1.29 is 22.8 Å². The van der Waals surface area contributed by atoms with Crippen molar-refractivity contribution in [2.75, 3.05) is 20.1 Å². The Hall–Kier alpha value is -2.58. The first-order valence-corrected chi connectivity index (χ1v) is 11.5. The number of nitrogens with zero attached hydrogens (tertiary/aromatic N) is 3. The van der Waals surface area contributed by atoms with Gasteiger partial charge in [-0.1, -0.05) is 6.92 Å². The Morgan fingerprint density at radius 2 is 2.06 bits per heavy atom. The molecule has 0 aromatic carbocycles. The maximum Gasteiger partial charge on any atom is 0.406 e. The molecule has 0 saturated heterocycles. The molecule has 1 spiro atoms. The summed E-state index contributed by atoms with van der Waals surface area (Å²) in [4.78, 5) is 25.9. The number of hydrogen-bond donors (Lipinski definition) is 1. The van der Waals surface area contributed by atoms with Gasteiger partial charge in [-0.15, -0.1) is 0 Å². The van der Waals surface area contributed by atoms with Crippen LogP contribution in [-0.2, 0) is 11.2 Å². The lowest BCUT2D eigenvalue weighted by atomic mass is 9.67. The fraction of sp³-hybridized carbons (Fsp3) is 0.625. The van der Waals surface area contributed by atoms with Crippen molar-refractivity contribution in [2.24, 2.45) is 22.7 Å². The molecule has 6 nitrogen and oxygen atoms in total. The van der Waals surface area contributed by atoms with Gasteiger partial charge in [0.1, 0.15) is 6.54 Å². The summed E-state index contributed by atoms with van der Waals surface area (Å²) >= 11 is 0. The van der Waals surface area contributed by atoms with Crippen LogP contribution in [0.15, 0.2) is 24.4 Å². The molecule has 33 heavy (non-hydrogen) atoms. The number of nitrogens with one attached hydrogen (secondary N) is 1. The van der Waals surface area contributed by atoms with Crippen molar-refractivity contribution in [2.45, 2.75) is 51.6 Å². The summed E-state index contributed by atoms with van der Waals surface area (Å²) in [5.74, 6) is 0.654. The molecule has 0 radical (unpaired) electrons. The molecule has 2 bridgehead atoms. The van der Waals surface area contributed by atoms with E-state index in [4.69, 9.17) is 0 Å². The zero-order valence-corrected chi connectivity index (χ0v) is 18.9. The van der Waals surface area contributed by atoms with Gasteiger partial charge in [-0.3, -0.25) is 9.59 Å². The van der Waals surface area contributed by atoms with E-state index < -0.39 is 18.6 Å². The molecule has 3 aliphatic carbocycles. The minimum absolute atomic E-state index is 0.185. The summed E-state index contributed by atoms with van der Waals surface area (Å²) < 4.78 is 39.2. The Morgan fingerprint density at radius 1 is 1.27 bits per heavy atom. The summed E-state index contributed by atoms with van der Waals surface area (Å²) in [7, 11) is 1.12. The van der Waals surface area contributed by atoms with Crippen molar-refractivity contribution in [1.29, 1.82) is 0 Å². The van der Waals surface area contributed by atoms with Crippen LogP contribution in [0.25, 0.3) is 5.52 Å². The first kappa shape index (κ1) is 22.2. The van der Waals surface area contributed by atoms with Gasteiger partial charge in [-0.2, -0.15) is 18.3 Å². The van der Waals surface area contributed by atoms with Gasteiger partial charge in [0.15, 0.2) is 0 Å². The number of carbonyl (C=O) groups is 2. The number of halogens is 3. The van der Waals surface area contributed by atoms with Gasteiger partial charge in [0, 0.05) is 19.8 Å². The topological polar surface area (TPSA) is 66.7 Å². The summed E-state index contributed by atoms with van der Waals surface area (Å²) in [5.41, 5.74) is 2.05. The van der Waals surface area contributed by atoms with Crippen LogP contribution in [0.4, 0.5) is 13.2 Å². The van der Waals surface area contributed by atoms with E-state index >= 15 is 0 Å². The Labute approximate surface area is 190 Å². The van der Waals surface area contributed by atoms with Crippen LogP contribution in [0.3, 0.4) is 0 Å². The predicted molar refractivity (Wildman–Crippen MR) is 116 cm³/mol. The van der Waals surface area contributed by atoms with Crippen LogP contribution in [0.2, 0.25) is 0 Å². The number of hydrogen-bond acceptors (Lipinski definition) is 3. The summed E-state index contributed by atoms with van der Waals surface area (Å²) in [5, 5.41) is 7.45. The number of rotatable bonds is 6. The van der Waals surface area contributed by atoms with Gasteiger partial charge in [0.05, 0.1) is 23.2 Å². The number of amides is 2. The number of carbonyl (C=O) groups excluding carboxylic acids is 2. The molecule has 4 atom stereocenters. The number of aromatic nitrogens is 2. The van der Waals surface area contributed by atoms with Crippen LogP contribution in [0, 0.1) is 22.7 Å². The Bertz CT molecular complexity index is 1110. The molecule has 2 aromatic rings. The molecule has 5 rings (SSSR count). The van der Waals surface area contributed by atoms with Gasteiger partial charge >= 0.3 is 6.18 Å². The van der Waals surface area contributed by atoms with E-state index in [-0.39, 0.29) is 17.7 Å². The summed E-state index contributed by atoms with van der Waals surface area (Å²) in [6.07, 6.45) is 3.18. The average molecular weight is 463 g/mol. The maximum absolute atomic E-state index is 13.1. The van der Waals surface area contributed by atoms with Crippen LogP contribution in [0.5, 0.6) is 0 Å². The third-order valence-electron chi connectivity index (χ3n) is 7.90. The van der Waals surface area contributed by atoms with Crippen LogP contribution < -0.4 is 5.32 Å². The third kappa shape index (κ3) is 4.22. The highest BCUT2D eigenvalue weighted by molar-refractivity contribution is 6.00. The number of fused-ring (bicyclic) bond motifs is 2. The molecule has 2 heterocycles. The number of alkyl halides is 3. The normalized spacial score (nSPS) is 30.2. The molecule has 0 aliphatic heterocycles. The lowest BCUT2D eigenvalue weighted by molar-refractivity contribution is -0.158. The van der Waals surface area contributed by atoms with Gasteiger partial charge < -0.3 is 10.2 Å². The SMILES string of the molecule is CC1CC2(CNC(=O)c3cccn4nc(CC(=O)N(C)CC(F)(F)F)cc34)CC3CC3(C1)C2. The van der Waals surface area contributed by atoms with Crippen LogP contribution in [-0.4, -0.2) is 52.6 Å². The fourth-order valence-corrected chi connectivity index (χ4v) is 6.82. The van der Waals surface area contributed by atoms with E-state index in [1.165, 1.54) is 30.2 Å². The lowest BCUT2D eigenvalue weighted by Crippen LogP contribution is -2.40. The number of likely N-dealkylation sites (N-methyl/N-ethyl adjacent to an activating group) is 1. The van der Waals surface area contributed by atoms with Crippen molar-refractivity contribution in [1.82, 2.24) is 19.8 Å². The molecule has 9 heteroatoms. The highest BCUT2D eigenvalue weighted by atomic mass is 19.4. The quantitative estimate of drug-likeness (QED) is 0.709. The second-order valence-corrected chi connectivity index (χ2v) is 10.8.